The number of aliphatic hydroxyl groups is 1. The minimum absolute atomic E-state index is 0.163. The zero-order valence-electron chi connectivity index (χ0n) is 15.0. The zero-order chi connectivity index (χ0) is 16.4. The molecule has 0 amide bonds. The minimum Gasteiger partial charge on any atom is -0.393 e. The number of hydrogen-bond acceptors (Lipinski definition) is 2. The molecule has 3 fully saturated rings. The van der Waals surface area contributed by atoms with E-state index in [4.69, 9.17) is 0 Å². The van der Waals surface area contributed by atoms with Crippen LogP contribution in [0.15, 0.2) is 11.6 Å². The lowest BCUT2D eigenvalue weighted by Gasteiger charge is -2.58. The zero-order valence-corrected chi connectivity index (χ0v) is 15.0. The summed E-state index contributed by atoms with van der Waals surface area (Å²) >= 11 is 0. The van der Waals surface area contributed by atoms with Crippen molar-refractivity contribution in [1.82, 2.24) is 0 Å². The van der Waals surface area contributed by atoms with Gasteiger partial charge in [0.25, 0.3) is 0 Å². The van der Waals surface area contributed by atoms with Crippen LogP contribution in [0.1, 0.15) is 72.1 Å². The molecule has 0 bridgehead atoms. The molecule has 0 aromatic rings. The Hall–Kier alpha value is -0.630. The van der Waals surface area contributed by atoms with Gasteiger partial charge in [-0.2, -0.15) is 0 Å². The molecule has 3 saturated carbocycles. The van der Waals surface area contributed by atoms with Gasteiger partial charge in [0.1, 0.15) is 0 Å². The number of rotatable bonds is 1. The van der Waals surface area contributed by atoms with Crippen molar-refractivity contribution in [3.05, 3.63) is 11.6 Å². The van der Waals surface area contributed by atoms with Crippen molar-refractivity contribution in [2.24, 2.45) is 34.5 Å². The van der Waals surface area contributed by atoms with Gasteiger partial charge in [-0.1, -0.05) is 19.4 Å². The van der Waals surface area contributed by atoms with Crippen molar-refractivity contribution in [3.8, 4) is 0 Å². The number of carbonyl (C=O) groups is 1. The van der Waals surface area contributed by atoms with E-state index >= 15 is 0 Å². The number of carbonyl (C=O) groups excluding carboxylic acids is 1. The lowest BCUT2D eigenvalue weighted by atomic mass is 9.46. The smallest absolute Gasteiger partial charge is 0.155 e. The van der Waals surface area contributed by atoms with E-state index in [0.29, 0.717) is 17.1 Å². The summed E-state index contributed by atoms with van der Waals surface area (Å²) in [6, 6.07) is 0. The summed E-state index contributed by atoms with van der Waals surface area (Å²) < 4.78 is 0. The molecule has 23 heavy (non-hydrogen) atoms. The van der Waals surface area contributed by atoms with Crippen LogP contribution in [-0.2, 0) is 4.79 Å². The quantitative estimate of drug-likeness (QED) is 0.772. The van der Waals surface area contributed by atoms with Crippen LogP contribution in [-0.4, -0.2) is 17.0 Å². The van der Waals surface area contributed by atoms with Crippen molar-refractivity contribution in [2.75, 3.05) is 0 Å². The summed E-state index contributed by atoms with van der Waals surface area (Å²) in [5.74, 6) is 3.21. The van der Waals surface area contributed by atoms with Gasteiger partial charge in [0, 0.05) is 6.42 Å². The number of fused-ring (bicyclic) bond motifs is 5. The molecular formula is C21H32O2. The van der Waals surface area contributed by atoms with Crippen molar-refractivity contribution in [2.45, 2.75) is 78.2 Å². The van der Waals surface area contributed by atoms with Crippen molar-refractivity contribution in [3.63, 3.8) is 0 Å². The van der Waals surface area contributed by atoms with E-state index in [9.17, 15) is 9.90 Å². The molecule has 2 nitrogen and oxygen atoms in total. The van der Waals surface area contributed by atoms with Gasteiger partial charge in [0.2, 0.25) is 0 Å². The largest absolute Gasteiger partial charge is 0.393 e. The Morgan fingerprint density at radius 3 is 2.61 bits per heavy atom. The molecule has 2 heteroatoms. The van der Waals surface area contributed by atoms with E-state index in [1.54, 1.807) is 0 Å². The van der Waals surface area contributed by atoms with Crippen LogP contribution in [0, 0.1) is 34.5 Å². The highest BCUT2D eigenvalue weighted by Gasteiger charge is 2.59. The number of aliphatic hydroxyl groups excluding tert-OH is 1. The molecule has 0 spiro atoms. The fourth-order valence-corrected chi connectivity index (χ4v) is 7.39. The first kappa shape index (κ1) is 15.9. The van der Waals surface area contributed by atoms with Crippen LogP contribution in [0.3, 0.4) is 0 Å². The van der Waals surface area contributed by atoms with E-state index in [-0.39, 0.29) is 11.5 Å². The van der Waals surface area contributed by atoms with Crippen LogP contribution in [0.5, 0.6) is 0 Å². The van der Waals surface area contributed by atoms with Crippen molar-refractivity contribution >= 4 is 5.78 Å². The second-order valence-corrected chi connectivity index (χ2v) is 9.44. The van der Waals surface area contributed by atoms with Gasteiger partial charge in [-0.25, -0.2) is 0 Å². The molecule has 0 saturated heterocycles. The average molecular weight is 316 g/mol. The van der Waals surface area contributed by atoms with Crippen LogP contribution < -0.4 is 0 Å². The highest BCUT2D eigenvalue weighted by molar-refractivity contribution is 5.91. The average Bonchev–Trinajstić information content (AvgIpc) is 2.85. The molecule has 0 aromatic heterocycles. The number of allylic oxidation sites excluding steroid dienone is 1. The molecule has 0 aromatic carbocycles. The first-order valence-electron chi connectivity index (χ1n) is 9.78. The Labute approximate surface area is 140 Å². The predicted molar refractivity (Wildman–Crippen MR) is 91.9 cm³/mol. The standard InChI is InChI=1S/C21H32O2/c1-13(22)17-6-7-18-16-5-4-14-12-15(23)8-10-20(14,2)19(16)9-11-21(17,18)3/h12-13,16-19,22H,4-11H2,1-3H3/t13?,16?,17?,18?,19?,20-,21+/m0/s1. The molecule has 128 valence electrons. The minimum atomic E-state index is -0.163. The molecule has 4 rings (SSSR count). The molecule has 0 aliphatic heterocycles. The van der Waals surface area contributed by atoms with Gasteiger partial charge in [0.15, 0.2) is 5.78 Å². The van der Waals surface area contributed by atoms with Crippen LogP contribution in [0.2, 0.25) is 0 Å². The van der Waals surface area contributed by atoms with Gasteiger partial charge >= 0.3 is 0 Å². The Balaban J connectivity index is 1.66. The van der Waals surface area contributed by atoms with Crippen LogP contribution in [0.4, 0.5) is 0 Å². The summed E-state index contributed by atoms with van der Waals surface area (Å²) in [6.07, 6.45) is 11.1. The molecular weight excluding hydrogens is 284 g/mol. The topological polar surface area (TPSA) is 37.3 Å². The lowest BCUT2D eigenvalue weighted by Crippen LogP contribution is -2.51. The lowest BCUT2D eigenvalue weighted by molar-refractivity contribution is -0.117. The first-order chi connectivity index (χ1) is 10.9. The third-order valence-electron chi connectivity index (χ3n) is 8.62. The summed E-state index contributed by atoms with van der Waals surface area (Å²) in [6.45, 7) is 6.92. The highest BCUT2D eigenvalue weighted by Crippen LogP contribution is 2.66. The third kappa shape index (κ3) is 2.13. The third-order valence-corrected chi connectivity index (χ3v) is 8.62. The van der Waals surface area contributed by atoms with Crippen molar-refractivity contribution in [1.29, 1.82) is 0 Å². The van der Waals surface area contributed by atoms with Crippen LogP contribution in [0.25, 0.3) is 0 Å². The molecule has 0 heterocycles. The fourth-order valence-electron chi connectivity index (χ4n) is 7.39. The Morgan fingerprint density at radius 2 is 1.87 bits per heavy atom. The van der Waals surface area contributed by atoms with Gasteiger partial charge in [-0.15, -0.1) is 0 Å². The van der Waals surface area contributed by atoms with E-state index in [0.717, 1.165) is 37.0 Å². The normalized spacial score (nSPS) is 50.6. The predicted octanol–water partition coefficient (Wildman–Crippen LogP) is 4.52. The Bertz CT molecular complexity index is 548. The van der Waals surface area contributed by atoms with Gasteiger partial charge in [0.05, 0.1) is 6.10 Å². The van der Waals surface area contributed by atoms with Crippen LogP contribution >= 0.6 is 0 Å². The SMILES string of the molecule is CC(O)C1CCC2C3CCC4=CC(=O)CC[C@]4(C)C3CC[C@]12C. The van der Waals surface area contributed by atoms with Gasteiger partial charge in [-0.3, -0.25) is 4.79 Å². The Morgan fingerprint density at radius 1 is 1.09 bits per heavy atom. The van der Waals surface area contributed by atoms with E-state index in [1.165, 1.54) is 37.7 Å². The summed E-state index contributed by atoms with van der Waals surface area (Å²) in [4.78, 5) is 11.9. The first-order valence-corrected chi connectivity index (χ1v) is 9.78. The summed E-state index contributed by atoms with van der Waals surface area (Å²) in [5, 5.41) is 10.3. The van der Waals surface area contributed by atoms with E-state index < -0.39 is 0 Å². The molecule has 7 atom stereocenters. The molecule has 4 aliphatic rings. The Kier molecular flexibility index (Phi) is 3.58. The molecule has 5 unspecified atom stereocenters. The number of ketones is 1. The van der Waals surface area contributed by atoms with E-state index in [2.05, 4.69) is 13.8 Å². The summed E-state index contributed by atoms with van der Waals surface area (Å²) in [7, 11) is 0. The second-order valence-electron chi connectivity index (χ2n) is 9.44. The maximum atomic E-state index is 11.9. The van der Waals surface area contributed by atoms with Crippen molar-refractivity contribution < 1.29 is 9.90 Å². The highest BCUT2D eigenvalue weighted by atomic mass is 16.3. The fraction of sp³-hybridized carbons (Fsp3) is 0.857. The van der Waals surface area contributed by atoms with Gasteiger partial charge < -0.3 is 5.11 Å². The second kappa shape index (κ2) is 5.18. The maximum Gasteiger partial charge on any atom is 0.155 e. The maximum absolute atomic E-state index is 11.9. The summed E-state index contributed by atoms with van der Waals surface area (Å²) in [5.41, 5.74) is 2.09. The van der Waals surface area contributed by atoms with E-state index in [1.807, 2.05) is 13.0 Å². The monoisotopic (exact) mass is 316 g/mol. The van der Waals surface area contributed by atoms with Gasteiger partial charge in [-0.05, 0) is 92.4 Å². The molecule has 1 N–H and O–H groups in total. The number of hydrogen-bond donors (Lipinski definition) is 1. The molecule has 0 radical (unpaired) electrons. The molecule has 4 aliphatic carbocycles.